The fourth-order valence-electron chi connectivity index (χ4n) is 0.189. The van der Waals surface area contributed by atoms with E-state index in [0.29, 0.717) is 0 Å². The van der Waals surface area contributed by atoms with Crippen LogP contribution in [0.3, 0.4) is 0 Å². The van der Waals surface area contributed by atoms with E-state index in [1.165, 1.54) is 6.92 Å². The predicted molar refractivity (Wildman–Crippen MR) is 24.9 cm³/mol. The van der Waals surface area contributed by atoms with Crippen molar-refractivity contribution in [2.75, 3.05) is 6.54 Å². The molecule has 0 fully saturated rings. The van der Waals surface area contributed by atoms with Crippen LogP contribution in [0.25, 0.3) is 0 Å². The van der Waals surface area contributed by atoms with Crippen LogP contribution >= 0.6 is 0 Å². The largest absolute Gasteiger partial charge is 0.389 e. The van der Waals surface area contributed by atoms with Crippen LogP contribution in [0.15, 0.2) is 0 Å². The highest BCUT2D eigenvalue weighted by molar-refractivity contribution is 5.72. The van der Waals surface area contributed by atoms with Gasteiger partial charge in [-0.05, 0) is 0 Å². The van der Waals surface area contributed by atoms with Crippen LogP contribution in [0.5, 0.6) is 0 Å². The number of aliphatic hydroxyl groups is 1. The van der Waals surface area contributed by atoms with E-state index >= 15 is 0 Å². The molecule has 0 saturated heterocycles. The molecule has 0 aromatic heterocycles. The van der Waals surface area contributed by atoms with Gasteiger partial charge in [-0.3, -0.25) is 4.79 Å². The van der Waals surface area contributed by atoms with Crippen LogP contribution in [0.1, 0.15) is 6.92 Å². The van der Waals surface area contributed by atoms with Crippen molar-refractivity contribution in [3.63, 3.8) is 0 Å². The van der Waals surface area contributed by atoms with Crippen molar-refractivity contribution >= 4 is 5.91 Å². The van der Waals surface area contributed by atoms with Crippen molar-refractivity contribution < 1.29 is 9.90 Å². The Morgan fingerprint density at radius 2 is 2.57 bits per heavy atom. The first-order valence-corrected chi connectivity index (χ1v) is 1.97. The third-order valence-electron chi connectivity index (χ3n) is 0.442. The fraction of sp³-hybridized carbons (Fsp3) is 0.500. The molecular weight excluding hydrogens is 94.0 g/mol. The van der Waals surface area contributed by atoms with Gasteiger partial charge in [0.15, 0.2) is 0 Å². The SMILES string of the molecule is CC(=O)NC[CH]O. The number of carbonyl (C=O) groups excluding carboxylic acids is 1. The maximum atomic E-state index is 9.96. The summed E-state index contributed by atoms with van der Waals surface area (Å²) in [5.41, 5.74) is 0. The molecular formula is C4H8NO2. The van der Waals surface area contributed by atoms with Gasteiger partial charge in [0.2, 0.25) is 5.91 Å². The molecule has 1 radical (unpaired) electrons. The Balaban J connectivity index is 2.82. The molecule has 1 amide bonds. The summed E-state index contributed by atoms with van der Waals surface area (Å²) in [5, 5.41) is 10.3. The Kier molecular flexibility index (Phi) is 3.32. The zero-order valence-electron chi connectivity index (χ0n) is 4.14. The highest BCUT2D eigenvalue weighted by atomic mass is 16.3. The number of amides is 1. The molecule has 0 aromatic rings. The van der Waals surface area contributed by atoms with Crippen molar-refractivity contribution in [1.82, 2.24) is 5.32 Å². The molecule has 0 aliphatic carbocycles. The molecule has 0 bridgehead atoms. The van der Waals surface area contributed by atoms with E-state index in [0.717, 1.165) is 6.61 Å². The van der Waals surface area contributed by atoms with Crippen molar-refractivity contribution in [3.8, 4) is 0 Å². The second kappa shape index (κ2) is 3.61. The van der Waals surface area contributed by atoms with Crippen molar-refractivity contribution in [3.05, 3.63) is 6.61 Å². The van der Waals surface area contributed by atoms with Gasteiger partial charge in [-0.1, -0.05) is 0 Å². The molecule has 3 nitrogen and oxygen atoms in total. The fourth-order valence-corrected chi connectivity index (χ4v) is 0.189. The Bertz CT molecular complexity index is 62.7. The smallest absolute Gasteiger partial charge is 0.216 e. The second-order valence-corrected chi connectivity index (χ2v) is 1.12. The van der Waals surface area contributed by atoms with Crippen LogP contribution in [0.4, 0.5) is 0 Å². The van der Waals surface area contributed by atoms with Crippen molar-refractivity contribution in [2.45, 2.75) is 6.92 Å². The van der Waals surface area contributed by atoms with Gasteiger partial charge in [-0.2, -0.15) is 0 Å². The Labute approximate surface area is 42.3 Å². The second-order valence-electron chi connectivity index (χ2n) is 1.12. The summed E-state index contributed by atoms with van der Waals surface area (Å²) in [5.74, 6) is -0.134. The quantitative estimate of drug-likeness (QED) is 0.501. The van der Waals surface area contributed by atoms with Gasteiger partial charge in [0.25, 0.3) is 0 Å². The van der Waals surface area contributed by atoms with Crippen molar-refractivity contribution in [1.29, 1.82) is 0 Å². The molecule has 0 spiro atoms. The molecule has 3 heteroatoms. The maximum absolute atomic E-state index is 9.96. The molecule has 0 unspecified atom stereocenters. The molecule has 7 heavy (non-hydrogen) atoms. The maximum Gasteiger partial charge on any atom is 0.216 e. The summed E-state index contributed by atoms with van der Waals surface area (Å²) in [6.45, 7) is 2.51. The van der Waals surface area contributed by atoms with E-state index in [-0.39, 0.29) is 12.5 Å². The monoisotopic (exact) mass is 102 g/mol. The first-order valence-electron chi connectivity index (χ1n) is 1.97. The predicted octanol–water partition coefficient (Wildman–Crippen LogP) is -0.343. The number of nitrogens with one attached hydrogen (secondary N) is 1. The molecule has 0 aliphatic heterocycles. The molecule has 2 N–H and O–H groups in total. The minimum Gasteiger partial charge on any atom is -0.389 e. The van der Waals surface area contributed by atoms with Crippen molar-refractivity contribution in [2.24, 2.45) is 0 Å². The number of hydrogen-bond acceptors (Lipinski definition) is 2. The number of aliphatic hydroxyl groups excluding tert-OH is 1. The zero-order chi connectivity index (χ0) is 5.70. The topological polar surface area (TPSA) is 49.3 Å². The van der Waals surface area contributed by atoms with E-state index in [4.69, 9.17) is 5.11 Å². The number of rotatable bonds is 2. The third-order valence-corrected chi connectivity index (χ3v) is 0.442. The zero-order valence-corrected chi connectivity index (χ0v) is 4.14. The Morgan fingerprint density at radius 3 is 2.71 bits per heavy atom. The molecule has 0 saturated carbocycles. The van der Waals surface area contributed by atoms with E-state index in [1.807, 2.05) is 0 Å². The lowest BCUT2D eigenvalue weighted by Gasteiger charge is -1.92. The molecule has 0 atom stereocenters. The van der Waals surface area contributed by atoms with Gasteiger partial charge in [-0.25, -0.2) is 0 Å². The van der Waals surface area contributed by atoms with Crippen LogP contribution < -0.4 is 5.32 Å². The third kappa shape index (κ3) is 5.43. The van der Waals surface area contributed by atoms with Crippen LogP contribution in [0.2, 0.25) is 0 Å². The van der Waals surface area contributed by atoms with E-state index in [1.54, 1.807) is 0 Å². The van der Waals surface area contributed by atoms with Gasteiger partial charge in [-0.15, -0.1) is 0 Å². The summed E-state index contributed by atoms with van der Waals surface area (Å²) in [6, 6.07) is 0. The molecule has 0 aliphatic rings. The molecule has 41 valence electrons. The Hall–Kier alpha value is -0.570. The first-order chi connectivity index (χ1) is 3.27. The molecule has 0 aromatic carbocycles. The lowest BCUT2D eigenvalue weighted by molar-refractivity contribution is -0.118. The normalized spacial score (nSPS) is 8.29. The standard InChI is InChI=1S/C4H8NO2/c1-4(7)5-2-3-6/h3,6H,2H2,1H3,(H,5,7). The molecule has 0 heterocycles. The summed E-state index contributed by atoms with van der Waals surface area (Å²) >= 11 is 0. The van der Waals surface area contributed by atoms with Crippen LogP contribution in [-0.2, 0) is 4.79 Å². The van der Waals surface area contributed by atoms with E-state index in [9.17, 15) is 4.79 Å². The van der Waals surface area contributed by atoms with Gasteiger partial charge in [0.05, 0.1) is 6.61 Å². The summed E-state index contributed by atoms with van der Waals surface area (Å²) < 4.78 is 0. The van der Waals surface area contributed by atoms with Crippen LogP contribution in [-0.4, -0.2) is 17.6 Å². The van der Waals surface area contributed by atoms with Gasteiger partial charge < -0.3 is 10.4 Å². The minimum absolute atomic E-state index is 0.134. The average molecular weight is 102 g/mol. The highest BCUT2D eigenvalue weighted by Gasteiger charge is 1.84. The van der Waals surface area contributed by atoms with E-state index in [2.05, 4.69) is 5.32 Å². The first kappa shape index (κ1) is 6.43. The average Bonchev–Trinajstić information content (AvgIpc) is 1.61. The lowest BCUT2D eigenvalue weighted by atomic mass is 10.6. The van der Waals surface area contributed by atoms with Gasteiger partial charge in [0.1, 0.15) is 0 Å². The van der Waals surface area contributed by atoms with Gasteiger partial charge in [0, 0.05) is 13.5 Å². The number of hydrogen-bond donors (Lipinski definition) is 2. The number of carbonyl (C=O) groups is 1. The minimum atomic E-state index is -0.134. The van der Waals surface area contributed by atoms with Gasteiger partial charge >= 0.3 is 0 Å². The highest BCUT2D eigenvalue weighted by Crippen LogP contribution is 1.61. The lowest BCUT2D eigenvalue weighted by Crippen LogP contribution is -2.20. The Morgan fingerprint density at radius 1 is 2.00 bits per heavy atom. The van der Waals surface area contributed by atoms with E-state index < -0.39 is 0 Å². The summed E-state index contributed by atoms with van der Waals surface area (Å²) in [4.78, 5) is 9.96. The molecule has 0 rings (SSSR count). The van der Waals surface area contributed by atoms with Crippen LogP contribution in [0, 0.1) is 6.61 Å². The summed E-state index contributed by atoms with van der Waals surface area (Å²) in [6.07, 6.45) is 0. The summed E-state index contributed by atoms with van der Waals surface area (Å²) in [7, 11) is 0.